The molecule has 0 saturated carbocycles. The van der Waals surface area contributed by atoms with Crippen LogP contribution in [0, 0.1) is 0 Å². The first-order chi connectivity index (χ1) is 10.4. The highest BCUT2D eigenvalue weighted by atomic mass is 79.9. The number of carbonyl (C=O) groups is 1. The van der Waals surface area contributed by atoms with E-state index in [1.54, 1.807) is 6.08 Å². The summed E-state index contributed by atoms with van der Waals surface area (Å²) in [4.78, 5) is 11.9. The Kier molecular flexibility index (Phi) is 5.19. The molecule has 0 bridgehead atoms. The van der Waals surface area contributed by atoms with Gasteiger partial charge in [-0.3, -0.25) is 0 Å². The summed E-state index contributed by atoms with van der Waals surface area (Å²) in [6, 6.07) is 15.4. The van der Waals surface area contributed by atoms with Gasteiger partial charge in [0.05, 0.1) is 4.47 Å². The topological polar surface area (TPSA) is 26.3 Å². The molecule has 22 heavy (non-hydrogen) atoms. The Morgan fingerprint density at radius 1 is 1.09 bits per heavy atom. The number of esters is 1. The van der Waals surface area contributed by atoms with E-state index in [9.17, 15) is 4.79 Å². The molecular formula is C19H19BrO2. The number of rotatable bonds is 3. The van der Waals surface area contributed by atoms with E-state index in [1.165, 1.54) is 11.6 Å². The molecule has 0 amide bonds. The van der Waals surface area contributed by atoms with Crippen LogP contribution in [0.5, 0.6) is 5.75 Å². The van der Waals surface area contributed by atoms with Crippen molar-refractivity contribution in [1.82, 2.24) is 0 Å². The average Bonchev–Trinajstić information content (AvgIpc) is 2.47. The van der Waals surface area contributed by atoms with Crippen LogP contribution in [0.1, 0.15) is 31.9 Å². The van der Waals surface area contributed by atoms with Crippen LogP contribution in [0.15, 0.2) is 59.1 Å². The lowest BCUT2D eigenvalue weighted by Crippen LogP contribution is -2.11. The largest absolute Gasteiger partial charge is 0.422 e. The molecule has 0 heterocycles. The molecule has 0 fully saturated rings. The Labute approximate surface area is 139 Å². The van der Waals surface area contributed by atoms with Crippen molar-refractivity contribution in [1.29, 1.82) is 0 Å². The second-order valence-corrected chi connectivity index (χ2v) is 6.91. The minimum absolute atomic E-state index is 0.0538. The fourth-order valence-corrected chi connectivity index (χ4v) is 2.38. The van der Waals surface area contributed by atoms with Gasteiger partial charge in [0.15, 0.2) is 0 Å². The molecule has 0 radical (unpaired) electrons. The van der Waals surface area contributed by atoms with Crippen molar-refractivity contribution in [2.24, 2.45) is 0 Å². The first-order valence-corrected chi connectivity index (χ1v) is 7.90. The highest BCUT2D eigenvalue weighted by Crippen LogP contribution is 2.31. The van der Waals surface area contributed by atoms with Gasteiger partial charge in [0.25, 0.3) is 0 Å². The van der Waals surface area contributed by atoms with Crippen molar-refractivity contribution >= 4 is 28.0 Å². The normalized spacial score (nSPS) is 11.6. The lowest BCUT2D eigenvalue weighted by Gasteiger charge is -2.19. The van der Waals surface area contributed by atoms with Gasteiger partial charge in [-0.2, -0.15) is 0 Å². The molecule has 0 aliphatic heterocycles. The monoisotopic (exact) mass is 358 g/mol. The van der Waals surface area contributed by atoms with Crippen LogP contribution in [0.3, 0.4) is 0 Å². The molecule has 0 N–H and O–H groups in total. The highest BCUT2D eigenvalue weighted by Gasteiger charge is 2.15. The predicted octanol–water partition coefficient (Wildman–Crippen LogP) is 5.37. The van der Waals surface area contributed by atoms with Gasteiger partial charge in [0, 0.05) is 6.08 Å². The van der Waals surface area contributed by atoms with Gasteiger partial charge in [-0.05, 0) is 50.7 Å². The zero-order valence-electron chi connectivity index (χ0n) is 13.0. The van der Waals surface area contributed by atoms with Crippen LogP contribution >= 0.6 is 15.9 Å². The van der Waals surface area contributed by atoms with Gasteiger partial charge >= 0.3 is 5.97 Å². The lowest BCUT2D eigenvalue weighted by molar-refractivity contribution is -0.128. The van der Waals surface area contributed by atoms with Crippen LogP contribution < -0.4 is 4.74 Å². The average molecular weight is 359 g/mol. The molecule has 0 unspecified atom stereocenters. The molecule has 114 valence electrons. The third kappa shape index (κ3) is 4.57. The first kappa shape index (κ1) is 16.5. The number of hydrogen-bond acceptors (Lipinski definition) is 2. The highest BCUT2D eigenvalue weighted by molar-refractivity contribution is 9.10. The molecule has 0 aliphatic carbocycles. The molecule has 0 spiro atoms. The maximum atomic E-state index is 11.9. The van der Waals surface area contributed by atoms with E-state index in [-0.39, 0.29) is 5.41 Å². The molecule has 0 saturated heterocycles. The standard InChI is InChI=1S/C19H19BrO2/c1-19(2,3)15-10-11-17(16(20)13-15)22-18(21)12-9-14-7-5-4-6-8-14/h4-13H,1-3H3. The third-order valence-corrected chi connectivity index (χ3v) is 3.84. The number of benzene rings is 2. The summed E-state index contributed by atoms with van der Waals surface area (Å²) in [7, 11) is 0. The lowest BCUT2D eigenvalue weighted by atomic mass is 9.87. The summed E-state index contributed by atoms with van der Waals surface area (Å²) >= 11 is 3.46. The third-order valence-electron chi connectivity index (χ3n) is 3.22. The first-order valence-electron chi connectivity index (χ1n) is 7.11. The SMILES string of the molecule is CC(C)(C)c1ccc(OC(=O)C=Cc2ccccc2)c(Br)c1. The van der Waals surface area contributed by atoms with E-state index in [0.29, 0.717) is 5.75 Å². The van der Waals surface area contributed by atoms with Gasteiger partial charge < -0.3 is 4.74 Å². The zero-order chi connectivity index (χ0) is 16.2. The number of halogens is 1. The number of hydrogen-bond donors (Lipinski definition) is 0. The summed E-state index contributed by atoms with van der Waals surface area (Å²) in [6.45, 7) is 6.43. The number of carbonyl (C=O) groups excluding carboxylic acids is 1. The molecule has 2 aromatic carbocycles. The Morgan fingerprint density at radius 2 is 1.77 bits per heavy atom. The Hall–Kier alpha value is -1.87. The van der Waals surface area contributed by atoms with E-state index in [4.69, 9.17) is 4.74 Å². The summed E-state index contributed by atoms with van der Waals surface area (Å²) in [5, 5.41) is 0. The van der Waals surface area contributed by atoms with Crippen LogP contribution in [-0.4, -0.2) is 5.97 Å². The van der Waals surface area contributed by atoms with Crippen molar-refractivity contribution in [2.75, 3.05) is 0 Å². The van der Waals surface area contributed by atoms with Crippen molar-refractivity contribution in [3.8, 4) is 5.75 Å². The minimum atomic E-state index is -0.395. The summed E-state index contributed by atoms with van der Waals surface area (Å²) < 4.78 is 6.14. The second kappa shape index (κ2) is 6.93. The van der Waals surface area contributed by atoms with Gasteiger partial charge in [0.1, 0.15) is 5.75 Å². The van der Waals surface area contributed by atoms with E-state index in [2.05, 4.69) is 36.7 Å². The van der Waals surface area contributed by atoms with E-state index in [0.717, 1.165) is 10.0 Å². The zero-order valence-corrected chi connectivity index (χ0v) is 14.6. The summed E-state index contributed by atoms with van der Waals surface area (Å²) in [5.41, 5.74) is 2.19. The molecule has 2 aromatic rings. The van der Waals surface area contributed by atoms with Gasteiger partial charge in [0.2, 0.25) is 0 Å². The Bertz CT molecular complexity index is 682. The van der Waals surface area contributed by atoms with E-state index < -0.39 is 5.97 Å². The molecule has 0 aliphatic rings. The molecule has 2 rings (SSSR count). The van der Waals surface area contributed by atoms with Gasteiger partial charge in [-0.25, -0.2) is 4.79 Å². The van der Waals surface area contributed by atoms with Crippen LogP contribution in [0.25, 0.3) is 6.08 Å². The van der Waals surface area contributed by atoms with E-state index in [1.807, 2.05) is 48.5 Å². The minimum Gasteiger partial charge on any atom is -0.422 e. The van der Waals surface area contributed by atoms with E-state index >= 15 is 0 Å². The van der Waals surface area contributed by atoms with Crippen LogP contribution in [0.2, 0.25) is 0 Å². The van der Waals surface area contributed by atoms with Gasteiger partial charge in [-0.15, -0.1) is 0 Å². The van der Waals surface area contributed by atoms with Crippen LogP contribution in [-0.2, 0) is 10.2 Å². The van der Waals surface area contributed by atoms with Gasteiger partial charge in [-0.1, -0.05) is 57.2 Å². The summed E-state index contributed by atoms with van der Waals surface area (Å²) in [5.74, 6) is 0.128. The maximum absolute atomic E-state index is 11.9. The quantitative estimate of drug-likeness (QED) is 0.419. The Morgan fingerprint density at radius 3 is 2.36 bits per heavy atom. The van der Waals surface area contributed by atoms with Crippen molar-refractivity contribution in [2.45, 2.75) is 26.2 Å². The number of ether oxygens (including phenoxy) is 1. The smallest absolute Gasteiger partial charge is 0.336 e. The second-order valence-electron chi connectivity index (χ2n) is 6.06. The van der Waals surface area contributed by atoms with Crippen molar-refractivity contribution in [3.63, 3.8) is 0 Å². The predicted molar refractivity (Wildman–Crippen MR) is 94.0 cm³/mol. The van der Waals surface area contributed by atoms with Crippen molar-refractivity contribution in [3.05, 3.63) is 70.2 Å². The molecule has 2 nitrogen and oxygen atoms in total. The fraction of sp³-hybridized carbons (Fsp3) is 0.211. The molecular weight excluding hydrogens is 340 g/mol. The maximum Gasteiger partial charge on any atom is 0.336 e. The Balaban J connectivity index is 2.08. The molecule has 0 atom stereocenters. The van der Waals surface area contributed by atoms with Crippen LogP contribution in [0.4, 0.5) is 0 Å². The molecule has 3 heteroatoms. The van der Waals surface area contributed by atoms with Crippen molar-refractivity contribution < 1.29 is 9.53 Å². The molecule has 0 aromatic heterocycles. The summed E-state index contributed by atoms with van der Waals surface area (Å²) in [6.07, 6.45) is 3.17. The fourth-order valence-electron chi connectivity index (χ4n) is 1.92.